The van der Waals surface area contributed by atoms with Gasteiger partial charge in [0.05, 0.1) is 0 Å². The predicted molar refractivity (Wildman–Crippen MR) is 54.2 cm³/mol. The largest absolute Gasteiger partial charge is 0.396 e. The Bertz CT molecular complexity index is 91.0. The van der Waals surface area contributed by atoms with Crippen molar-refractivity contribution in [3.8, 4) is 0 Å². The fraction of sp³-hybridized carbons (Fsp3) is 1.00. The molecule has 0 fully saturated rings. The Hall–Kier alpha value is -0.0400. The van der Waals surface area contributed by atoms with Crippen molar-refractivity contribution in [2.24, 2.45) is 11.8 Å². The van der Waals surface area contributed by atoms with Crippen LogP contribution in [0.25, 0.3) is 0 Å². The van der Waals surface area contributed by atoms with Gasteiger partial charge in [-0.3, -0.25) is 0 Å². The maximum absolute atomic E-state index is 8.69. The molecular weight excluding hydrogens is 148 g/mol. The summed E-state index contributed by atoms with van der Waals surface area (Å²) in [5, 5.41) is 8.69. The summed E-state index contributed by atoms with van der Waals surface area (Å²) in [6.07, 6.45) is 6.24. The summed E-state index contributed by atoms with van der Waals surface area (Å²) in [6, 6.07) is 0. The highest BCUT2D eigenvalue weighted by atomic mass is 16.2. The Labute approximate surface area is 77.2 Å². The van der Waals surface area contributed by atoms with Crippen LogP contribution in [0.1, 0.15) is 52.9 Å². The van der Waals surface area contributed by atoms with Crippen LogP contribution < -0.4 is 0 Å². The van der Waals surface area contributed by atoms with Gasteiger partial charge in [0.2, 0.25) is 0 Å². The van der Waals surface area contributed by atoms with Crippen molar-refractivity contribution in [2.75, 3.05) is 6.61 Å². The van der Waals surface area contributed by atoms with Gasteiger partial charge in [-0.05, 0) is 18.3 Å². The van der Waals surface area contributed by atoms with Gasteiger partial charge in [-0.2, -0.15) is 0 Å². The zero-order valence-electron chi connectivity index (χ0n) is 8.84. The van der Waals surface area contributed by atoms with Gasteiger partial charge in [0, 0.05) is 6.61 Å². The lowest BCUT2D eigenvalue weighted by atomic mass is 9.96. The van der Waals surface area contributed by atoms with Crippen LogP contribution in [-0.4, -0.2) is 11.7 Å². The number of aliphatic hydroxyl groups excluding tert-OH is 1. The van der Waals surface area contributed by atoms with Gasteiger partial charge >= 0.3 is 0 Å². The van der Waals surface area contributed by atoms with E-state index in [0.29, 0.717) is 12.5 Å². The average molecular weight is 172 g/mol. The van der Waals surface area contributed by atoms with Crippen LogP contribution in [0.15, 0.2) is 0 Å². The molecule has 0 aliphatic carbocycles. The first kappa shape index (κ1) is 12.0. The highest BCUT2D eigenvalue weighted by Crippen LogP contribution is 2.16. The van der Waals surface area contributed by atoms with E-state index in [1.807, 2.05) is 0 Å². The average Bonchev–Trinajstić information content (AvgIpc) is 2.04. The second-order valence-corrected chi connectivity index (χ2v) is 4.06. The van der Waals surface area contributed by atoms with Crippen LogP contribution in [0, 0.1) is 11.8 Å². The quantitative estimate of drug-likeness (QED) is 0.625. The van der Waals surface area contributed by atoms with Gasteiger partial charge in [-0.15, -0.1) is 0 Å². The summed E-state index contributed by atoms with van der Waals surface area (Å²) in [7, 11) is 0. The van der Waals surface area contributed by atoms with Crippen LogP contribution in [0.3, 0.4) is 0 Å². The van der Waals surface area contributed by atoms with Crippen molar-refractivity contribution in [3.63, 3.8) is 0 Å². The Morgan fingerprint density at radius 2 is 1.58 bits per heavy atom. The van der Waals surface area contributed by atoms with E-state index in [9.17, 15) is 0 Å². The summed E-state index contributed by atoms with van der Waals surface area (Å²) in [6.45, 7) is 7.15. The van der Waals surface area contributed by atoms with E-state index in [-0.39, 0.29) is 0 Å². The Morgan fingerprint density at radius 1 is 1.00 bits per heavy atom. The molecule has 0 saturated heterocycles. The van der Waals surface area contributed by atoms with Crippen LogP contribution in [0.2, 0.25) is 0 Å². The lowest BCUT2D eigenvalue weighted by molar-refractivity contribution is 0.255. The molecule has 1 N–H and O–H groups in total. The van der Waals surface area contributed by atoms with E-state index in [0.717, 1.165) is 12.3 Å². The van der Waals surface area contributed by atoms with E-state index in [1.165, 1.54) is 25.7 Å². The third kappa shape index (κ3) is 6.66. The smallest absolute Gasteiger partial charge is 0.0433 e. The first-order valence-corrected chi connectivity index (χ1v) is 5.31. The molecule has 0 spiro atoms. The molecule has 2 atom stereocenters. The second-order valence-electron chi connectivity index (χ2n) is 4.06. The standard InChI is InChI=1S/C11H24O/c1-4-10(2)6-5-7-11(3)8-9-12/h10-12H,4-9H2,1-3H3. The zero-order valence-corrected chi connectivity index (χ0v) is 8.84. The molecular formula is C11H24O. The van der Waals surface area contributed by atoms with Crippen LogP contribution in [0.4, 0.5) is 0 Å². The summed E-state index contributed by atoms with van der Waals surface area (Å²) < 4.78 is 0. The molecule has 0 rings (SSSR count). The molecule has 0 aromatic rings. The van der Waals surface area contributed by atoms with E-state index in [2.05, 4.69) is 20.8 Å². The highest BCUT2D eigenvalue weighted by Gasteiger charge is 2.03. The minimum atomic E-state index is 0.352. The van der Waals surface area contributed by atoms with Gasteiger partial charge in [0.1, 0.15) is 0 Å². The van der Waals surface area contributed by atoms with Crippen molar-refractivity contribution < 1.29 is 5.11 Å². The Morgan fingerprint density at radius 3 is 2.08 bits per heavy atom. The molecule has 74 valence electrons. The van der Waals surface area contributed by atoms with Crippen LogP contribution >= 0.6 is 0 Å². The molecule has 0 amide bonds. The molecule has 1 heteroatoms. The van der Waals surface area contributed by atoms with Gasteiger partial charge in [0.15, 0.2) is 0 Å². The lowest BCUT2D eigenvalue weighted by Crippen LogP contribution is -1.99. The van der Waals surface area contributed by atoms with E-state index < -0.39 is 0 Å². The molecule has 0 heterocycles. The minimum absolute atomic E-state index is 0.352. The minimum Gasteiger partial charge on any atom is -0.396 e. The van der Waals surface area contributed by atoms with E-state index >= 15 is 0 Å². The maximum atomic E-state index is 8.69. The van der Waals surface area contributed by atoms with Gasteiger partial charge in [-0.25, -0.2) is 0 Å². The Balaban J connectivity index is 3.18. The van der Waals surface area contributed by atoms with E-state index in [1.54, 1.807) is 0 Å². The highest BCUT2D eigenvalue weighted by molar-refractivity contribution is 4.55. The molecule has 0 bridgehead atoms. The number of hydrogen-bond acceptors (Lipinski definition) is 1. The number of aliphatic hydroxyl groups is 1. The van der Waals surface area contributed by atoms with E-state index in [4.69, 9.17) is 5.11 Å². The summed E-state index contributed by atoms with van der Waals surface area (Å²) in [5.74, 6) is 1.59. The lowest BCUT2D eigenvalue weighted by Gasteiger charge is -2.11. The summed E-state index contributed by atoms with van der Waals surface area (Å²) in [4.78, 5) is 0. The van der Waals surface area contributed by atoms with Crippen molar-refractivity contribution in [1.82, 2.24) is 0 Å². The van der Waals surface area contributed by atoms with Gasteiger partial charge < -0.3 is 5.11 Å². The molecule has 0 saturated carbocycles. The zero-order chi connectivity index (χ0) is 9.40. The number of rotatable bonds is 7. The molecule has 2 unspecified atom stereocenters. The molecule has 0 aliphatic heterocycles. The summed E-state index contributed by atoms with van der Waals surface area (Å²) >= 11 is 0. The van der Waals surface area contributed by atoms with Crippen LogP contribution in [-0.2, 0) is 0 Å². The molecule has 0 aliphatic rings. The predicted octanol–water partition coefficient (Wildman–Crippen LogP) is 3.22. The Kier molecular flexibility index (Phi) is 7.58. The fourth-order valence-corrected chi connectivity index (χ4v) is 1.38. The van der Waals surface area contributed by atoms with Gasteiger partial charge in [0.25, 0.3) is 0 Å². The van der Waals surface area contributed by atoms with Gasteiger partial charge in [-0.1, -0.05) is 46.5 Å². The first-order valence-electron chi connectivity index (χ1n) is 5.31. The van der Waals surface area contributed by atoms with Crippen molar-refractivity contribution in [1.29, 1.82) is 0 Å². The summed E-state index contributed by atoms with van der Waals surface area (Å²) in [5.41, 5.74) is 0. The molecule has 12 heavy (non-hydrogen) atoms. The maximum Gasteiger partial charge on any atom is 0.0433 e. The van der Waals surface area contributed by atoms with Crippen molar-refractivity contribution in [2.45, 2.75) is 52.9 Å². The van der Waals surface area contributed by atoms with Crippen molar-refractivity contribution >= 4 is 0 Å². The molecule has 0 aromatic carbocycles. The molecule has 0 radical (unpaired) electrons. The SMILES string of the molecule is CCC(C)CCCC(C)CCO. The second kappa shape index (κ2) is 7.60. The van der Waals surface area contributed by atoms with Crippen molar-refractivity contribution in [3.05, 3.63) is 0 Å². The first-order chi connectivity index (χ1) is 5.70. The normalized spacial score (nSPS) is 16.0. The van der Waals surface area contributed by atoms with Crippen LogP contribution in [0.5, 0.6) is 0 Å². The monoisotopic (exact) mass is 172 g/mol. The topological polar surface area (TPSA) is 20.2 Å². The number of hydrogen-bond donors (Lipinski definition) is 1. The third-order valence-electron chi connectivity index (χ3n) is 2.71. The molecule has 0 aromatic heterocycles. The fourth-order valence-electron chi connectivity index (χ4n) is 1.38. The molecule has 1 nitrogen and oxygen atoms in total. The third-order valence-corrected chi connectivity index (χ3v) is 2.71.